The lowest BCUT2D eigenvalue weighted by Gasteiger charge is -2.04. The number of unbranched alkanes of at least 4 members (excludes halogenated alkanes) is 3. The fourth-order valence-electron chi connectivity index (χ4n) is 3.73. The highest BCUT2D eigenvalue weighted by Crippen LogP contribution is 2.25. The van der Waals surface area contributed by atoms with Gasteiger partial charge in [0.25, 0.3) is 0 Å². The summed E-state index contributed by atoms with van der Waals surface area (Å²) in [7, 11) is 0. The van der Waals surface area contributed by atoms with Gasteiger partial charge in [-0.25, -0.2) is 0 Å². The first-order valence-corrected chi connectivity index (χ1v) is 10.4. The van der Waals surface area contributed by atoms with Gasteiger partial charge in [-0.15, -0.1) is 0 Å². The largest absolute Gasteiger partial charge is 0.0654 e. The minimum Gasteiger partial charge on any atom is -0.0654 e. The maximum atomic E-state index is 3.40. The van der Waals surface area contributed by atoms with Crippen LogP contribution in [0.4, 0.5) is 0 Å². The maximum Gasteiger partial charge on any atom is 0.0327 e. The Morgan fingerprint density at radius 2 is 1.39 bits per heavy atom. The predicted octanol–water partition coefficient (Wildman–Crippen LogP) is 7.52. The molecule has 0 radical (unpaired) electrons. The van der Waals surface area contributed by atoms with Gasteiger partial charge in [0.1, 0.15) is 0 Å². The average Bonchev–Trinajstić information content (AvgIpc) is 2.74. The molecule has 0 unspecified atom stereocenters. The van der Waals surface area contributed by atoms with E-state index in [9.17, 15) is 0 Å². The topological polar surface area (TPSA) is 0 Å². The van der Waals surface area contributed by atoms with Gasteiger partial charge in [0.15, 0.2) is 0 Å². The predicted molar refractivity (Wildman–Crippen MR) is 122 cm³/mol. The molecule has 4 aromatic rings. The second kappa shape index (κ2) is 8.77. The zero-order valence-electron chi connectivity index (χ0n) is 16.5. The number of fused-ring (bicyclic) bond motifs is 2. The minimum atomic E-state index is 1.08. The summed E-state index contributed by atoms with van der Waals surface area (Å²) in [5, 5.41) is 5.00. The van der Waals surface area contributed by atoms with Crippen LogP contribution in [-0.4, -0.2) is 0 Å². The van der Waals surface area contributed by atoms with E-state index in [1.165, 1.54) is 59.2 Å². The smallest absolute Gasteiger partial charge is 0.0327 e. The van der Waals surface area contributed by atoms with Crippen LogP contribution in [0.5, 0.6) is 0 Å². The lowest BCUT2D eigenvalue weighted by atomic mass is 9.99. The number of hydrogen-bond donors (Lipinski definition) is 0. The fraction of sp³-hybridized carbons (Fsp3) is 0.214. The number of rotatable bonds is 5. The van der Waals surface area contributed by atoms with E-state index in [2.05, 4.69) is 97.6 Å². The molecular weight excluding hydrogens is 336 g/mol. The lowest BCUT2D eigenvalue weighted by molar-refractivity contribution is 0.667. The molecule has 4 aromatic carbocycles. The van der Waals surface area contributed by atoms with E-state index in [0.29, 0.717) is 0 Å². The Balaban J connectivity index is 1.57. The molecule has 0 heteroatoms. The van der Waals surface area contributed by atoms with Gasteiger partial charge in [0.05, 0.1) is 0 Å². The number of benzene rings is 4. The molecule has 0 bridgehead atoms. The zero-order valence-corrected chi connectivity index (χ0v) is 16.5. The van der Waals surface area contributed by atoms with Crippen LogP contribution in [0.2, 0.25) is 0 Å². The summed E-state index contributed by atoms with van der Waals surface area (Å²) in [5.41, 5.74) is 3.58. The van der Waals surface area contributed by atoms with E-state index in [1.807, 2.05) is 0 Å². The van der Waals surface area contributed by atoms with Crippen LogP contribution in [0.3, 0.4) is 0 Å². The fourth-order valence-corrected chi connectivity index (χ4v) is 3.73. The summed E-state index contributed by atoms with van der Waals surface area (Å²) in [6.45, 7) is 2.26. The van der Waals surface area contributed by atoms with E-state index in [1.54, 1.807) is 0 Å². The molecule has 0 atom stereocenters. The Morgan fingerprint density at radius 3 is 2.18 bits per heavy atom. The van der Waals surface area contributed by atoms with Crippen LogP contribution in [0.25, 0.3) is 21.5 Å². The Morgan fingerprint density at radius 1 is 0.643 bits per heavy atom. The third-order valence-corrected chi connectivity index (χ3v) is 5.36. The van der Waals surface area contributed by atoms with Gasteiger partial charge >= 0.3 is 0 Å². The summed E-state index contributed by atoms with van der Waals surface area (Å²) in [6.07, 6.45) is 6.41. The van der Waals surface area contributed by atoms with Crippen LogP contribution in [0.15, 0.2) is 78.9 Å². The van der Waals surface area contributed by atoms with Gasteiger partial charge in [0.2, 0.25) is 0 Å². The summed E-state index contributed by atoms with van der Waals surface area (Å²) in [6, 6.07) is 28.2. The minimum absolute atomic E-state index is 1.08. The van der Waals surface area contributed by atoms with Crippen molar-refractivity contribution in [2.45, 2.75) is 39.0 Å². The third kappa shape index (κ3) is 4.26. The summed E-state index contributed by atoms with van der Waals surface area (Å²) in [4.78, 5) is 0. The molecule has 28 heavy (non-hydrogen) atoms. The quantitative estimate of drug-likeness (QED) is 0.196. The molecule has 0 fully saturated rings. The Kier molecular flexibility index (Phi) is 5.74. The molecule has 0 amide bonds. The Labute approximate surface area is 168 Å². The van der Waals surface area contributed by atoms with Crippen molar-refractivity contribution in [1.29, 1.82) is 0 Å². The molecule has 0 nitrogen and oxygen atoms in total. The van der Waals surface area contributed by atoms with E-state index < -0.39 is 0 Å². The van der Waals surface area contributed by atoms with Gasteiger partial charge in [-0.1, -0.05) is 86.6 Å². The van der Waals surface area contributed by atoms with E-state index in [4.69, 9.17) is 0 Å². The van der Waals surface area contributed by atoms with Crippen LogP contribution >= 0.6 is 0 Å². The molecule has 0 spiro atoms. The summed E-state index contributed by atoms with van der Waals surface area (Å²) >= 11 is 0. The maximum absolute atomic E-state index is 3.40. The molecule has 0 aliphatic rings. The van der Waals surface area contributed by atoms with Gasteiger partial charge in [-0.2, -0.15) is 0 Å². The normalized spacial score (nSPS) is 10.8. The van der Waals surface area contributed by atoms with Gasteiger partial charge in [-0.3, -0.25) is 0 Å². The van der Waals surface area contributed by atoms with Crippen molar-refractivity contribution in [3.63, 3.8) is 0 Å². The lowest BCUT2D eigenvalue weighted by Crippen LogP contribution is -1.86. The molecule has 0 saturated carbocycles. The van der Waals surface area contributed by atoms with Crippen LogP contribution in [-0.2, 0) is 6.42 Å². The van der Waals surface area contributed by atoms with Crippen molar-refractivity contribution >= 4 is 21.5 Å². The highest BCUT2D eigenvalue weighted by Gasteiger charge is 2.01. The average molecular weight is 363 g/mol. The molecule has 0 N–H and O–H groups in total. The molecular formula is C28H26. The standard InChI is InChI=1S/C28H26/c1-2-3-4-5-9-22-14-16-23(17-15-22)18-19-24-12-8-13-27-20-25-10-6-7-11-26(25)21-28(24)27/h6-8,10-17,20-21H,2-5,9H2,1H3. The number of hydrogen-bond acceptors (Lipinski definition) is 0. The van der Waals surface area contributed by atoms with E-state index in [-0.39, 0.29) is 0 Å². The van der Waals surface area contributed by atoms with Gasteiger partial charge in [0, 0.05) is 11.1 Å². The first kappa shape index (κ1) is 18.3. The van der Waals surface area contributed by atoms with E-state index >= 15 is 0 Å². The van der Waals surface area contributed by atoms with E-state index in [0.717, 1.165) is 11.1 Å². The molecule has 0 aromatic heterocycles. The van der Waals surface area contributed by atoms with Crippen LogP contribution in [0, 0.1) is 11.8 Å². The summed E-state index contributed by atoms with van der Waals surface area (Å²) in [5.74, 6) is 6.75. The van der Waals surface area contributed by atoms with Crippen molar-refractivity contribution in [3.8, 4) is 11.8 Å². The zero-order chi connectivity index (χ0) is 19.2. The molecule has 4 rings (SSSR count). The molecule has 0 saturated heterocycles. The second-order valence-electron chi connectivity index (χ2n) is 7.48. The molecule has 0 heterocycles. The van der Waals surface area contributed by atoms with Gasteiger partial charge in [-0.05, 0) is 70.3 Å². The molecule has 0 aliphatic carbocycles. The van der Waals surface area contributed by atoms with Crippen molar-refractivity contribution < 1.29 is 0 Å². The Hall–Kier alpha value is -3.04. The van der Waals surface area contributed by atoms with Crippen LogP contribution < -0.4 is 0 Å². The second-order valence-corrected chi connectivity index (χ2v) is 7.48. The highest BCUT2D eigenvalue weighted by atomic mass is 14.0. The van der Waals surface area contributed by atoms with Crippen molar-refractivity contribution in [3.05, 3.63) is 95.6 Å². The van der Waals surface area contributed by atoms with Crippen molar-refractivity contribution in [2.24, 2.45) is 0 Å². The highest BCUT2D eigenvalue weighted by molar-refractivity contribution is 6.00. The SMILES string of the molecule is CCCCCCc1ccc(C#Cc2cccc3cc4ccccc4cc23)cc1. The van der Waals surface area contributed by atoms with Crippen molar-refractivity contribution in [2.75, 3.05) is 0 Å². The molecule has 138 valence electrons. The first-order chi connectivity index (χ1) is 13.8. The third-order valence-electron chi connectivity index (χ3n) is 5.36. The molecule has 0 aliphatic heterocycles. The van der Waals surface area contributed by atoms with Gasteiger partial charge < -0.3 is 0 Å². The number of aryl methyl sites for hydroxylation is 1. The summed E-state index contributed by atoms with van der Waals surface area (Å²) < 4.78 is 0. The Bertz CT molecular complexity index is 1140. The monoisotopic (exact) mass is 362 g/mol. The first-order valence-electron chi connectivity index (χ1n) is 10.4. The van der Waals surface area contributed by atoms with Crippen molar-refractivity contribution in [1.82, 2.24) is 0 Å². The van der Waals surface area contributed by atoms with Crippen LogP contribution in [0.1, 0.15) is 49.3 Å².